The molecule has 0 aromatic heterocycles. The third-order valence-electron chi connectivity index (χ3n) is 1.80. The van der Waals surface area contributed by atoms with Crippen molar-refractivity contribution in [3.63, 3.8) is 0 Å². The summed E-state index contributed by atoms with van der Waals surface area (Å²) in [6, 6.07) is 5.68. The molecule has 74 valence electrons. The van der Waals surface area contributed by atoms with Crippen LogP contribution in [0.2, 0.25) is 0 Å². The summed E-state index contributed by atoms with van der Waals surface area (Å²) in [6.07, 6.45) is 0. The van der Waals surface area contributed by atoms with Gasteiger partial charge >= 0.3 is 0 Å². The Morgan fingerprint density at radius 1 is 1.57 bits per heavy atom. The number of fused-ring (bicyclic) bond motifs is 1. The highest BCUT2D eigenvalue weighted by molar-refractivity contribution is 7.97. The molecule has 0 bridgehead atoms. The first kappa shape index (κ1) is 9.36. The zero-order valence-electron chi connectivity index (χ0n) is 7.66. The van der Waals surface area contributed by atoms with Gasteiger partial charge in [0.2, 0.25) is 0 Å². The van der Waals surface area contributed by atoms with E-state index in [1.165, 1.54) is 11.9 Å². The molecule has 0 saturated carbocycles. The minimum Gasteiger partial charge on any atom is -0.482 e. The second-order valence-corrected chi connectivity index (χ2v) is 3.88. The lowest BCUT2D eigenvalue weighted by molar-refractivity contribution is -0.118. The second-order valence-electron chi connectivity index (χ2n) is 2.80. The molecule has 1 heterocycles. The molecule has 1 amide bonds. The van der Waals surface area contributed by atoms with Gasteiger partial charge in [0, 0.05) is 4.90 Å². The lowest BCUT2D eigenvalue weighted by atomic mass is 10.2. The monoisotopic (exact) mass is 210 g/mol. The van der Waals surface area contributed by atoms with Gasteiger partial charge in [-0.25, -0.2) is 0 Å². The molecule has 1 aliphatic rings. The van der Waals surface area contributed by atoms with Crippen molar-refractivity contribution in [3.05, 3.63) is 18.2 Å². The minimum atomic E-state index is -0.107. The maximum atomic E-state index is 11.0. The molecule has 0 spiro atoms. The molecule has 2 rings (SSSR count). The molecular weight excluding hydrogens is 200 g/mol. The van der Waals surface area contributed by atoms with E-state index >= 15 is 0 Å². The Bertz CT molecular complexity index is 368. The van der Waals surface area contributed by atoms with Crippen LogP contribution in [0.3, 0.4) is 0 Å². The zero-order valence-corrected chi connectivity index (χ0v) is 8.48. The number of carbonyl (C=O) groups excluding carboxylic acids is 1. The van der Waals surface area contributed by atoms with E-state index in [0.717, 1.165) is 16.3 Å². The van der Waals surface area contributed by atoms with Gasteiger partial charge in [-0.3, -0.25) is 9.52 Å². The van der Waals surface area contributed by atoms with Crippen molar-refractivity contribution in [2.24, 2.45) is 0 Å². The average Bonchev–Trinajstić information content (AvgIpc) is 2.17. The maximum absolute atomic E-state index is 11.0. The standard InChI is InChI=1S/C9H10N2O2S/c1-10-14-6-2-3-8-7(4-6)11-9(12)5-13-8/h2-4,10H,5H2,1H3,(H,11,12). The molecule has 0 saturated heterocycles. The predicted octanol–water partition coefficient (Wildman–Crippen LogP) is 1.24. The van der Waals surface area contributed by atoms with Gasteiger partial charge in [-0.2, -0.15) is 0 Å². The van der Waals surface area contributed by atoms with Crippen LogP contribution in [0, 0.1) is 0 Å². The number of carbonyl (C=O) groups is 1. The third-order valence-corrected chi connectivity index (χ3v) is 2.50. The first-order valence-electron chi connectivity index (χ1n) is 4.20. The predicted molar refractivity (Wildman–Crippen MR) is 55.5 cm³/mol. The number of hydrogen-bond acceptors (Lipinski definition) is 4. The molecular formula is C9H10N2O2S. The molecule has 0 unspecified atom stereocenters. The largest absolute Gasteiger partial charge is 0.482 e. The van der Waals surface area contributed by atoms with Gasteiger partial charge in [0.05, 0.1) is 5.69 Å². The van der Waals surface area contributed by atoms with E-state index in [9.17, 15) is 4.79 Å². The SMILES string of the molecule is CNSc1ccc2c(c1)NC(=O)CO2. The first-order chi connectivity index (χ1) is 6.79. The fourth-order valence-electron chi connectivity index (χ4n) is 1.24. The molecule has 5 heteroatoms. The van der Waals surface area contributed by atoms with Gasteiger partial charge in [0.25, 0.3) is 5.91 Å². The van der Waals surface area contributed by atoms with Crippen molar-refractivity contribution < 1.29 is 9.53 Å². The molecule has 1 aromatic carbocycles. The molecule has 0 radical (unpaired) electrons. The van der Waals surface area contributed by atoms with Crippen molar-refractivity contribution in [2.45, 2.75) is 4.90 Å². The van der Waals surface area contributed by atoms with E-state index in [0.29, 0.717) is 0 Å². The fraction of sp³-hybridized carbons (Fsp3) is 0.222. The summed E-state index contributed by atoms with van der Waals surface area (Å²) in [5, 5.41) is 2.75. The molecule has 14 heavy (non-hydrogen) atoms. The number of anilines is 1. The fourth-order valence-corrected chi connectivity index (χ4v) is 1.79. The van der Waals surface area contributed by atoms with Crippen molar-refractivity contribution in [3.8, 4) is 5.75 Å². The molecule has 0 fully saturated rings. The Morgan fingerprint density at radius 2 is 2.43 bits per heavy atom. The van der Waals surface area contributed by atoms with Crippen LogP contribution in [0.25, 0.3) is 0 Å². The first-order valence-corrected chi connectivity index (χ1v) is 5.01. The number of ether oxygens (including phenoxy) is 1. The summed E-state index contributed by atoms with van der Waals surface area (Å²) < 4.78 is 8.19. The summed E-state index contributed by atoms with van der Waals surface area (Å²) in [5.41, 5.74) is 0.738. The Labute approximate surface area is 86.2 Å². The summed E-state index contributed by atoms with van der Waals surface area (Å²) in [5.74, 6) is 0.620. The van der Waals surface area contributed by atoms with Gasteiger partial charge in [-0.15, -0.1) is 0 Å². The highest BCUT2D eigenvalue weighted by Crippen LogP contribution is 2.31. The number of amides is 1. The average molecular weight is 210 g/mol. The molecule has 2 N–H and O–H groups in total. The van der Waals surface area contributed by atoms with Crippen LogP contribution in [0.4, 0.5) is 5.69 Å². The Morgan fingerprint density at radius 3 is 3.21 bits per heavy atom. The highest BCUT2D eigenvalue weighted by atomic mass is 32.2. The van der Waals surface area contributed by atoms with Crippen molar-refractivity contribution in [1.29, 1.82) is 0 Å². The number of nitrogens with one attached hydrogen (secondary N) is 2. The Balaban J connectivity index is 2.28. The minimum absolute atomic E-state index is 0.103. The van der Waals surface area contributed by atoms with Crippen LogP contribution in [0.5, 0.6) is 5.75 Å². The molecule has 4 nitrogen and oxygen atoms in total. The van der Waals surface area contributed by atoms with Crippen molar-refractivity contribution in [1.82, 2.24) is 4.72 Å². The summed E-state index contributed by atoms with van der Waals surface area (Å²) in [4.78, 5) is 12.1. The van der Waals surface area contributed by atoms with E-state index in [1.807, 2.05) is 25.2 Å². The van der Waals surface area contributed by atoms with Crippen LogP contribution in [-0.2, 0) is 4.79 Å². The molecule has 1 aromatic rings. The van der Waals surface area contributed by atoms with E-state index in [4.69, 9.17) is 4.74 Å². The van der Waals surface area contributed by atoms with E-state index in [1.54, 1.807) is 0 Å². The van der Waals surface area contributed by atoms with Crippen LogP contribution in [0.15, 0.2) is 23.1 Å². The van der Waals surface area contributed by atoms with Crippen LogP contribution in [-0.4, -0.2) is 19.6 Å². The molecule has 1 aliphatic heterocycles. The van der Waals surface area contributed by atoms with Crippen LogP contribution in [0.1, 0.15) is 0 Å². The lowest BCUT2D eigenvalue weighted by Crippen LogP contribution is -2.25. The molecule has 0 aliphatic carbocycles. The second kappa shape index (κ2) is 3.89. The van der Waals surface area contributed by atoms with Gasteiger partial charge in [0.1, 0.15) is 5.75 Å². The summed E-state index contributed by atoms with van der Waals surface area (Å²) in [6.45, 7) is 0.103. The van der Waals surface area contributed by atoms with Crippen molar-refractivity contribution >= 4 is 23.5 Å². The summed E-state index contributed by atoms with van der Waals surface area (Å²) in [7, 11) is 1.85. The van der Waals surface area contributed by atoms with Crippen LogP contribution >= 0.6 is 11.9 Å². The van der Waals surface area contributed by atoms with Gasteiger partial charge in [-0.05, 0) is 37.2 Å². The Hall–Kier alpha value is -1.20. The number of hydrogen-bond donors (Lipinski definition) is 2. The third kappa shape index (κ3) is 1.83. The topological polar surface area (TPSA) is 50.4 Å². The Kier molecular flexibility index (Phi) is 2.60. The maximum Gasteiger partial charge on any atom is 0.262 e. The quantitative estimate of drug-likeness (QED) is 0.721. The molecule has 0 atom stereocenters. The summed E-state index contributed by atoms with van der Waals surface area (Å²) >= 11 is 1.49. The van der Waals surface area contributed by atoms with Gasteiger partial charge in [-0.1, -0.05) is 0 Å². The zero-order chi connectivity index (χ0) is 9.97. The number of rotatable bonds is 2. The smallest absolute Gasteiger partial charge is 0.262 e. The van der Waals surface area contributed by atoms with Crippen molar-refractivity contribution in [2.75, 3.05) is 19.0 Å². The lowest BCUT2D eigenvalue weighted by Gasteiger charge is -2.18. The van der Waals surface area contributed by atoms with Gasteiger partial charge in [0.15, 0.2) is 6.61 Å². The van der Waals surface area contributed by atoms with Gasteiger partial charge < -0.3 is 10.1 Å². The van der Waals surface area contributed by atoms with Crippen LogP contribution < -0.4 is 14.8 Å². The number of benzene rings is 1. The van der Waals surface area contributed by atoms with E-state index < -0.39 is 0 Å². The van der Waals surface area contributed by atoms with E-state index in [2.05, 4.69) is 10.0 Å². The van der Waals surface area contributed by atoms with E-state index in [-0.39, 0.29) is 12.5 Å². The highest BCUT2D eigenvalue weighted by Gasteiger charge is 2.15. The normalized spacial score (nSPS) is 14.2.